The highest BCUT2D eigenvalue weighted by Crippen LogP contribution is 2.31. The second kappa shape index (κ2) is 7.75. The zero-order valence-corrected chi connectivity index (χ0v) is 13.4. The van der Waals surface area contributed by atoms with Gasteiger partial charge in [0.1, 0.15) is 5.75 Å². The number of benzene rings is 1. The Balaban J connectivity index is 2.83. The number of carbonyl (C=O) groups excluding carboxylic acids is 1. The molecule has 0 radical (unpaired) electrons. The van der Waals surface area contributed by atoms with E-state index in [9.17, 15) is 4.79 Å². The van der Waals surface area contributed by atoms with Gasteiger partial charge < -0.3 is 15.4 Å². The summed E-state index contributed by atoms with van der Waals surface area (Å²) in [4.78, 5) is 12.0. The van der Waals surface area contributed by atoms with Crippen molar-refractivity contribution < 1.29 is 9.53 Å². The Bertz CT molecular complexity index is 526. The molecule has 20 heavy (non-hydrogen) atoms. The maximum Gasteiger partial charge on any atom is 0.319 e. The molecule has 0 aliphatic rings. The number of amides is 2. The van der Waals surface area contributed by atoms with E-state index < -0.39 is 0 Å². The van der Waals surface area contributed by atoms with E-state index >= 15 is 0 Å². The first-order chi connectivity index (χ1) is 9.51. The quantitative estimate of drug-likeness (QED) is 0.860. The number of anilines is 1. The van der Waals surface area contributed by atoms with Gasteiger partial charge in [-0.3, -0.25) is 0 Å². The van der Waals surface area contributed by atoms with Crippen molar-refractivity contribution in [3.63, 3.8) is 0 Å². The van der Waals surface area contributed by atoms with Crippen molar-refractivity contribution in [2.45, 2.75) is 32.7 Å². The minimum Gasteiger partial charge on any atom is -0.495 e. The van der Waals surface area contributed by atoms with Crippen LogP contribution in [0.2, 0.25) is 0 Å². The second-order valence-electron chi connectivity index (χ2n) is 4.37. The number of nitrogens with zero attached hydrogens (tertiary/aromatic N) is 1. The number of carbonyl (C=O) groups is 1. The van der Waals surface area contributed by atoms with E-state index in [1.54, 1.807) is 13.2 Å². The molecule has 0 saturated heterocycles. The molecule has 1 atom stereocenters. The van der Waals surface area contributed by atoms with E-state index in [0.717, 1.165) is 10.0 Å². The predicted molar refractivity (Wildman–Crippen MR) is 81.9 cm³/mol. The van der Waals surface area contributed by atoms with Gasteiger partial charge in [-0.1, -0.05) is 22.9 Å². The number of nitrogens with one attached hydrogen (secondary N) is 2. The first-order valence-corrected chi connectivity index (χ1v) is 7.09. The van der Waals surface area contributed by atoms with Crippen LogP contribution in [0.3, 0.4) is 0 Å². The minimum absolute atomic E-state index is 0.151. The molecule has 1 aromatic rings. The Labute approximate surface area is 127 Å². The third-order valence-electron chi connectivity index (χ3n) is 2.89. The molecule has 2 N–H and O–H groups in total. The fourth-order valence-electron chi connectivity index (χ4n) is 1.78. The van der Waals surface area contributed by atoms with Crippen LogP contribution in [0, 0.1) is 18.3 Å². The van der Waals surface area contributed by atoms with Gasteiger partial charge in [-0.15, -0.1) is 0 Å². The highest BCUT2D eigenvalue weighted by atomic mass is 79.9. The Kier molecular flexibility index (Phi) is 6.32. The van der Waals surface area contributed by atoms with Gasteiger partial charge in [0.25, 0.3) is 0 Å². The Hall–Kier alpha value is -1.74. The van der Waals surface area contributed by atoms with Gasteiger partial charge in [-0.25, -0.2) is 4.79 Å². The normalized spacial score (nSPS) is 11.3. The number of nitriles is 1. The van der Waals surface area contributed by atoms with Crippen LogP contribution in [0.1, 0.15) is 25.3 Å². The minimum atomic E-state index is -0.337. The lowest BCUT2D eigenvalue weighted by molar-refractivity contribution is 0.248. The molecule has 1 aromatic carbocycles. The molecule has 108 valence electrons. The summed E-state index contributed by atoms with van der Waals surface area (Å²) in [6.07, 6.45) is 0.998. The van der Waals surface area contributed by atoms with Crippen LogP contribution in [0.15, 0.2) is 16.6 Å². The molecule has 0 spiro atoms. The molecule has 0 aliphatic carbocycles. The van der Waals surface area contributed by atoms with Crippen molar-refractivity contribution in [2.75, 3.05) is 12.4 Å². The Morgan fingerprint density at radius 3 is 2.80 bits per heavy atom. The maximum atomic E-state index is 12.0. The van der Waals surface area contributed by atoms with E-state index in [-0.39, 0.29) is 12.1 Å². The van der Waals surface area contributed by atoms with Gasteiger partial charge in [0.2, 0.25) is 0 Å². The van der Waals surface area contributed by atoms with Gasteiger partial charge in [0.15, 0.2) is 0 Å². The molecule has 5 nitrogen and oxygen atoms in total. The van der Waals surface area contributed by atoms with Gasteiger partial charge >= 0.3 is 6.03 Å². The smallest absolute Gasteiger partial charge is 0.319 e. The summed E-state index contributed by atoms with van der Waals surface area (Å²) in [6.45, 7) is 3.81. The molecule has 0 fully saturated rings. The number of urea groups is 1. The maximum absolute atomic E-state index is 12.0. The lowest BCUT2D eigenvalue weighted by Crippen LogP contribution is -2.37. The summed E-state index contributed by atoms with van der Waals surface area (Å²) in [7, 11) is 1.55. The van der Waals surface area contributed by atoms with Crippen LogP contribution in [0.4, 0.5) is 10.5 Å². The molecule has 0 aliphatic heterocycles. The van der Waals surface area contributed by atoms with Crippen molar-refractivity contribution in [3.8, 4) is 11.8 Å². The SMILES string of the molecule is CC[C@@H](CC#N)NC(=O)Nc1c(C)cc(Br)cc1OC. The van der Waals surface area contributed by atoms with Crippen molar-refractivity contribution in [3.05, 3.63) is 22.2 Å². The molecule has 6 heteroatoms. The molecular formula is C14H18BrN3O2. The van der Waals surface area contributed by atoms with E-state index in [1.807, 2.05) is 19.9 Å². The number of hydrogen-bond acceptors (Lipinski definition) is 3. The Morgan fingerprint density at radius 2 is 2.25 bits per heavy atom. The fraction of sp³-hybridized carbons (Fsp3) is 0.429. The number of aryl methyl sites for hydroxylation is 1. The van der Waals surface area contributed by atoms with E-state index in [4.69, 9.17) is 10.00 Å². The Morgan fingerprint density at radius 1 is 1.55 bits per heavy atom. The molecule has 0 bridgehead atoms. The molecule has 1 rings (SSSR count). The lowest BCUT2D eigenvalue weighted by atomic mass is 10.1. The van der Waals surface area contributed by atoms with E-state index in [1.165, 1.54) is 0 Å². The molecule has 0 heterocycles. The van der Waals surface area contributed by atoms with Crippen molar-refractivity contribution in [1.82, 2.24) is 5.32 Å². The molecule has 0 aromatic heterocycles. The highest BCUT2D eigenvalue weighted by molar-refractivity contribution is 9.10. The molecule has 2 amide bonds. The monoisotopic (exact) mass is 339 g/mol. The summed E-state index contributed by atoms with van der Waals surface area (Å²) in [5, 5.41) is 14.2. The summed E-state index contributed by atoms with van der Waals surface area (Å²) in [5.41, 5.74) is 1.51. The van der Waals surface area contributed by atoms with Crippen LogP contribution < -0.4 is 15.4 Å². The van der Waals surface area contributed by atoms with Crippen LogP contribution in [-0.2, 0) is 0 Å². The van der Waals surface area contributed by atoms with Gasteiger partial charge in [0, 0.05) is 10.5 Å². The fourth-order valence-corrected chi connectivity index (χ4v) is 2.33. The zero-order valence-electron chi connectivity index (χ0n) is 11.8. The number of hydrogen-bond donors (Lipinski definition) is 2. The van der Waals surface area contributed by atoms with Crippen molar-refractivity contribution in [1.29, 1.82) is 5.26 Å². The number of methoxy groups -OCH3 is 1. The zero-order chi connectivity index (χ0) is 15.1. The first-order valence-electron chi connectivity index (χ1n) is 6.30. The molecule has 0 saturated carbocycles. The topological polar surface area (TPSA) is 74.2 Å². The number of rotatable bonds is 5. The van der Waals surface area contributed by atoms with Gasteiger partial charge in [-0.2, -0.15) is 5.26 Å². The van der Waals surface area contributed by atoms with Crippen LogP contribution in [0.25, 0.3) is 0 Å². The third-order valence-corrected chi connectivity index (χ3v) is 3.35. The highest BCUT2D eigenvalue weighted by Gasteiger charge is 2.14. The van der Waals surface area contributed by atoms with Crippen molar-refractivity contribution in [2.24, 2.45) is 0 Å². The lowest BCUT2D eigenvalue weighted by Gasteiger charge is -2.17. The summed E-state index contributed by atoms with van der Waals surface area (Å²) < 4.78 is 6.14. The third kappa shape index (κ3) is 4.42. The molecular weight excluding hydrogens is 322 g/mol. The van der Waals surface area contributed by atoms with Crippen LogP contribution >= 0.6 is 15.9 Å². The average molecular weight is 340 g/mol. The largest absolute Gasteiger partial charge is 0.495 e. The standard InChI is InChI=1S/C14H18BrN3O2/c1-4-11(5-6-16)17-14(19)18-13-9(2)7-10(15)8-12(13)20-3/h7-8,11H,4-5H2,1-3H3,(H2,17,18,19)/t11-/m0/s1. The van der Waals surface area contributed by atoms with E-state index in [2.05, 4.69) is 32.6 Å². The van der Waals surface area contributed by atoms with Crippen LogP contribution in [0.5, 0.6) is 5.75 Å². The number of ether oxygens (including phenoxy) is 1. The predicted octanol–water partition coefficient (Wildman–Crippen LogP) is 3.58. The summed E-state index contributed by atoms with van der Waals surface area (Å²) >= 11 is 3.38. The van der Waals surface area contributed by atoms with E-state index in [0.29, 0.717) is 24.3 Å². The first kappa shape index (κ1) is 16.3. The summed E-state index contributed by atoms with van der Waals surface area (Å²) in [6, 6.07) is 5.25. The van der Waals surface area contributed by atoms with Gasteiger partial charge in [0.05, 0.1) is 25.3 Å². The molecule has 0 unspecified atom stereocenters. The summed E-state index contributed by atoms with van der Waals surface area (Å²) in [5.74, 6) is 0.584. The van der Waals surface area contributed by atoms with Gasteiger partial charge in [-0.05, 0) is 31.0 Å². The van der Waals surface area contributed by atoms with Crippen molar-refractivity contribution >= 4 is 27.6 Å². The average Bonchev–Trinajstić information content (AvgIpc) is 2.40. The second-order valence-corrected chi connectivity index (χ2v) is 5.28. The number of halogens is 1. The van der Waals surface area contributed by atoms with Crippen LogP contribution in [-0.4, -0.2) is 19.2 Å².